The number of rotatable bonds is 7. The van der Waals surface area contributed by atoms with Crippen LogP contribution in [0.3, 0.4) is 0 Å². The summed E-state index contributed by atoms with van der Waals surface area (Å²) in [5.41, 5.74) is 1.92. The van der Waals surface area contributed by atoms with E-state index in [-0.39, 0.29) is 4.90 Å². The van der Waals surface area contributed by atoms with Crippen molar-refractivity contribution in [1.82, 2.24) is 9.97 Å². The molecule has 1 atom stereocenters. The molecule has 7 nitrogen and oxygen atoms in total. The summed E-state index contributed by atoms with van der Waals surface area (Å²) in [6.45, 7) is 2.89. The Morgan fingerprint density at radius 2 is 1.74 bits per heavy atom. The minimum atomic E-state index is -3.71. The van der Waals surface area contributed by atoms with Gasteiger partial charge in [-0.05, 0) is 41.8 Å². The van der Waals surface area contributed by atoms with Crippen LogP contribution in [-0.4, -0.2) is 24.9 Å². The van der Waals surface area contributed by atoms with Crippen molar-refractivity contribution in [2.45, 2.75) is 17.7 Å². The summed E-state index contributed by atoms with van der Waals surface area (Å²) in [5, 5.41) is 11.5. The molecule has 1 heterocycles. The van der Waals surface area contributed by atoms with E-state index in [1.165, 1.54) is 17.7 Å². The SMILES string of the molecule is CC(CNc1ccnc(Nc2ccc(S(N)(=O)=O)cc2)n1)c1ccccc1. The van der Waals surface area contributed by atoms with Gasteiger partial charge in [-0.15, -0.1) is 0 Å². The molecule has 0 bridgehead atoms. The first-order valence-corrected chi connectivity index (χ1v) is 9.98. The lowest BCUT2D eigenvalue weighted by Crippen LogP contribution is -2.12. The number of nitrogens with zero attached hydrogens (tertiary/aromatic N) is 2. The summed E-state index contributed by atoms with van der Waals surface area (Å²) in [6.07, 6.45) is 1.66. The van der Waals surface area contributed by atoms with Crippen molar-refractivity contribution in [2.24, 2.45) is 5.14 Å². The molecule has 0 aliphatic carbocycles. The molecular weight excluding hydrogens is 362 g/mol. The molecule has 140 valence electrons. The summed E-state index contributed by atoms with van der Waals surface area (Å²) in [5.74, 6) is 1.45. The third-order valence-corrected chi connectivity index (χ3v) is 4.98. The highest BCUT2D eigenvalue weighted by atomic mass is 32.2. The molecule has 0 saturated heterocycles. The Bertz CT molecular complexity index is 992. The van der Waals surface area contributed by atoms with E-state index in [1.807, 2.05) is 18.2 Å². The van der Waals surface area contributed by atoms with Crippen molar-refractivity contribution in [1.29, 1.82) is 0 Å². The van der Waals surface area contributed by atoms with E-state index < -0.39 is 10.0 Å². The van der Waals surface area contributed by atoms with Crippen molar-refractivity contribution in [3.05, 3.63) is 72.4 Å². The van der Waals surface area contributed by atoms with Crippen molar-refractivity contribution in [2.75, 3.05) is 17.2 Å². The third kappa shape index (κ3) is 5.25. The minimum absolute atomic E-state index is 0.0549. The van der Waals surface area contributed by atoms with Crippen molar-refractivity contribution in [3.63, 3.8) is 0 Å². The molecule has 4 N–H and O–H groups in total. The maximum atomic E-state index is 11.3. The summed E-state index contributed by atoms with van der Waals surface area (Å²) < 4.78 is 22.6. The first-order valence-electron chi connectivity index (χ1n) is 8.43. The Morgan fingerprint density at radius 1 is 1.04 bits per heavy atom. The van der Waals surface area contributed by atoms with E-state index in [2.05, 4.69) is 39.7 Å². The van der Waals surface area contributed by atoms with Crippen LogP contribution in [0.1, 0.15) is 18.4 Å². The van der Waals surface area contributed by atoms with Gasteiger partial charge in [0, 0.05) is 18.4 Å². The fourth-order valence-corrected chi connectivity index (χ4v) is 3.05. The molecule has 3 rings (SSSR count). The molecule has 0 saturated carbocycles. The van der Waals surface area contributed by atoms with Crippen molar-refractivity contribution in [3.8, 4) is 0 Å². The molecule has 0 amide bonds. The van der Waals surface area contributed by atoms with E-state index in [4.69, 9.17) is 5.14 Å². The van der Waals surface area contributed by atoms with Gasteiger partial charge in [0.05, 0.1) is 4.90 Å². The van der Waals surface area contributed by atoms with E-state index in [9.17, 15) is 8.42 Å². The van der Waals surface area contributed by atoms with Crippen LogP contribution < -0.4 is 15.8 Å². The highest BCUT2D eigenvalue weighted by molar-refractivity contribution is 7.89. The molecule has 0 aliphatic rings. The summed E-state index contributed by atoms with van der Waals surface area (Å²) in [4.78, 5) is 8.67. The van der Waals surface area contributed by atoms with Crippen LogP contribution in [0.15, 0.2) is 71.8 Å². The van der Waals surface area contributed by atoms with Gasteiger partial charge in [-0.3, -0.25) is 0 Å². The predicted molar refractivity (Wildman–Crippen MR) is 106 cm³/mol. The summed E-state index contributed by atoms with van der Waals surface area (Å²) in [6, 6.07) is 18.1. The zero-order valence-electron chi connectivity index (χ0n) is 14.8. The molecule has 0 aliphatic heterocycles. The van der Waals surface area contributed by atoms with E-state index >= 15 is 0 Å². The highest BCUT2D eigenvalue weighted by Gasteiger charge is 2.08. The number of benzene rings is 2. The number of primary sulfonamides is 1. The standard InChI is InChI=1S/C19H21N5O2S/c1-14(15-5-3-2-4-6-15)13-22-18-11-12-21-19(24-18)23-16-7-9-17(10-8-16)27(20,25)26/h2-12,14H,13H2,1H3,(H2,20,25,26)(H2,21,22,23,24). The lowest BCUT2D eigenvalue weighted by molar-refractivity contribution is 0.598. The lowest BCUT2D eigenvalue weighted by atomic mass is 10.0. The molecule has 8 heteroatoms. The van der Waals surface area contributed by atoms with E-state index in [1.54, 1.807) is 24.4 Å². The second kappa shape index (κ2) is 8.15. The fraction of sp³-hybridized carbons (Fsp3) is 0.158. The van der Waals surface area contributed by atoms with Crippen LogP contribution in [-0.2, 0) is 10.0 Å². The molecule has 2 aromatic carbocycles. The predicted octanol–water partition coefficient (Wildman–Crippen LogP) is 3.08. The normalized spacial score (nSPS) is 12.4. The molecule has 0 fully saturated rings. The molecule has 0 radical (unpaired) electrons. The quantitative estimate of drug-likeness (QED) is 0.578. The van der Waals surface area contributed by atoms with Crippen LogP contribution in [0.4, 0.5) is 17.5 Å². The average molecular weight is 383 g/mol. The molecule has 1 unspecified atom stereocenters. The van der Waals surface area contributed by atoms with Crippen LogP contribution in [0.2, 0.25) is 0 Å². The summed E-state index contributed by atoms with van der Waals surface area (Å²) >= 11 is 0. The molecular formula is C19H21N5O2S. The lowest BCUT2D eigenvalue weighted by Gasteiger charge is -2.14. The maximum Gasteiger partial charge on any atom is 0.238 e. The number of hydrogen-bond donors (Lipinski definition) is 3. The second-order valence-electron chi connectivity index (χ2n) is 6.15. The van der Waals surface area contributed by atoms with Gasteiger partial charge in [-0.25, -0.2) is 18.5 Å². The molecule has 0 spiro atoms. The van der Waals surface area contributed by atoms with Gasteiger partial charge in [-0.1, -0.05) is 37.3 Å². The first kappa shape index (κ1) is 18.8. The van der Waals surface area contributed by atoms with Gasteiger partial charge in [0.1, 0.15) is 5.82 Å². The number of nitrogens with one attached hydrogen (secondary N) is 2. The highest BCUT2D eigenvalue weighted by Crippen LogP contribution is 2.18. The van der Waals surface area contributed by atoms with Crippen molar-refractivity contribution < 1.29 is 8.42 Å². The van der Waals surface area contributed by atoms with Crippen LogP contribution >= 0.6 is 0 Å². The molecule has 1 aromatic heterocycles. The van der Waals surface area contributed by atoms with Gasteiger partial charge in [0.2, 0.25) is 16.0 Å². The number of anilines is 3. The number of nitrogens with two attached hydrogens (primary N) is 1. The average Bonchev–Trinajstić information content (AvgIpc) is 2.67. The van der Waals surface area contributed by atoms with Crippen LogP contribution in [0.25, 0.3) is 0 Å². The van der Waals surface area contributed by atoms with Crippen LogP contribution in [0, 0.1) is 0 Å². The molecule has 3 aromatic rings. The third-order valence-electron chi connectivity index (χ3n) is 4.05. The van der Waals surface area contributed by atoms with Gasteiger partial charge >= 0.3 is 0 Å². The fourth-order valence-electron chi connectivity index (χ4n) is 2.53. The smallest absolute Gasteiger partial charge is 0.238 e. The second-order valence-corrected chi connectivity index (χ2v) is 7.71. The monoisotopic (exact) mass is 383 g/mol. The summed E-state index contributed by atoms with van der Waals surface area (Å²) in [7, 11) is -3.71. The zero-order valence-corrected chi connectivity index (χ0v) is 15.6. The largest absolute Gasteiger partial charge is 0.369 e. The van der Waals surface area contributed by atoms with Gasteiger partial charge in [0.15, 0.2) is 0 Å². The zero-order chi connectivity index (χ0) is 19.3. The van der Waals surface area contributed by atoms with Crippen molar-refractivity contribution >= 4 is 27.5 Å². The van der Waals surface area contributed by atoms with Crippen LogP contribution in [0.5, 0.6) is 0 Å². The topological polar surface area (TPSA) is 110 Å². The maximum absolute atomic E-state index is 11.3. The Hall–Kier alpha value is -2.97. The molecule has 27 heavy (non-hydrogen) atoms. The first-order chi connectivity index (χ1) is 12.9. The Balaban J connectivity index is 1.63. The van der Waals surface area contributed by atoms with Gasteiger partial charge in [0.25, 0.3) is 0 Å². The number of hydrogen-bond acceptors (Lipinski definition) is 6. The van der Waals surface area contributed by atoms with Gasteiger partial charge < -0.3 is 10.6 Å². The van der Waals surface area contributed by atoms with E-state index in [0.717, 1.165) is 6.54 Å². The number of sulfonamides is 1. The van der Waals surface area contributed by atoms with E-state index in [0.29, 0.717) is 23.4 Å². The van der Waals surface area contributed by atoms with Gasteiger partial charge in [-0.2, -0.15) is 4.98 Å². The Morgan fingerprint density at radius 3 is 2.41 bits per heavy atom. The minimum Gasteiger partial charge on any atom is -0.369 e. The Labute approximate surface area is 158 Å². The number of aromatic nitrogens is 2. The Kier molecular flexibility index (Phi) is 5.68.